The molecule has 6 nitrogen and oxygen atoms in total. The van der Waals surface area contributed by atoms with E-state index in [4.69, 9.17) is 0 Å². The zero-order valence-electron chi connectivity index (χ0n) is 14.4. The Morgan fingerprint density at radius 2 is 1.96 bits per heavy atom. The summed E-state index contributed by atoms with van der Waals surface area (Å²) in [7, 11) is 0. The number of hydrogen-bond donors (Lipinski definition) is 2. The molecule has 0 spiro atoms. The van der Waals surface area contributed by atoms with Crippen LogP contribution in [0, 0.1) is 13.8 Å². The van der Waals surface area contributed by atoms with Gasteiger partial charge in [0.2, 0.25) is 5.91 Å². The predicted octanol–water partition coefficient (Wildman–Crippen LogP) is 3.27. The lowest BCUT2D eigenvalue weighted by molar-refractivity contribution is -0.124. The number of rotatable bonds is 4. The normalized spacial score (nSPS) is 15.6. The van der Waals surface area contributed by atoms with Crippen LogP contribution in [0.2, 0.25) is 0 Å². The molecule has 6 heteroatoms. The molecule has 0 atom stereocenters. The SMILES string of the molecule is Cc1ncn(-c2ccc(NC(=O)C3(c4ccn[nH]4)CCC3)cc2)c1C. The molecule has 2 heterocycles. The van der Waals surface area contributed by atoms with E-state index in [1.807, 2.05) is 55.1 Å². The second-order valence-corrected chi connectivity index (χ2v) is 6.69. The Balaban J connectivity index is 1.53. The van der Waals surface area contributed by atoms with E-state index in [0.717, 1.165) is 47.7 Å². The standard InChI is InChI=1S/C19H21N5O/c1-13-14(2)24(12-20-13)16-6-4-15(5-7-16)22-18(25)19(9-3-10-19)17-8-11-21-23-17/h4-8,11-12H,3,9-10H2,1-2H3,(H,21,23)(H,22,25). The van der Waals surface area contributed by atoms with E-state index in [-0.39, 0.29) is 5.91 Å². The maximum absolute atomic E-state index is 12.9. The molecule has 0 saturated heterocycles. The molecule has 3 aromatic rings. The van der Waals surface area contributed by atoms with Crippen molar-refractivity contribution in [3.63, 3.8) is 0 Å². The van der Waals surface area contributed by atoms with Gasteiger partial charge in [0.15, 0.2) is 0 Å². The summed E-state index contributed by atoms with van der Waals surface area (Å²) in [4.78, 5) is 17.2. The number of hydrogen-bond acceptors (Lipinski definition) is 3. The molecule has 4 rings (SSSR count). The fourth-order valence-corrected chi connectivity index (χ4v) is 3.39. The molecule has 0 aliphatic heterocycles. The van der Waals surface area contributed by atoms with Gasteiger partial charge in [0, 0.05) is 23.3 Å². The molecule has 128 valence electrons. The van der Waals surface area contributed by atoms with Crippen molar-refractivity contribution in [2.45, 2.75) is 38.5 Å². The number of amides is 1. The van der Waals surface area contributed by atoms with Crippen molar-refractivity contribution in [3.05, 3.63) is 59.9 Å². The number of benzene rings is 1. The van der Waals surface area contributed by atoms with Gasteiger partial charge in [-0.1, -0.05) is 6.42 Å². The third-order valence-electron chi connectivity index (χ3n) is 5.31. The van der Waals surface area contributed by atoms with Gasteiger partial charge in [-0.25, -0.2) is 4.98 Å². The van der Waals surface area contributed by atoms with E-state index in [2.05, 4.69) is 20.5 Å². The van der Waals surface area contributed by atoms with Gasteiger partial charge < -0.3 is 9.88 Å². The number of carbonyl (C=O) groups is 1. The Hall–Kier alpha value is -2.89. The molecule has 2 N–H and O–H groups in total. The van der Waals surface area contributed by atoms with Gasteiger partial charge in [0.05, 0.1) is 23.1 Å². The van der Waals surface area contributed by atoms with Crippen LogP contribution in [0.4, 0.5) is 5.69 Å². The maximum atomic E-state index is 12.9. The number of anilines is 1. The number of nitrogens with one attached hydrogen (secondary N) is 2. The summed E-state index contributed by atoms with van der Waals surface area (Å²) in [5.74, 6) is 0.0328. The fourth-order valence-electron chi connectivity index (χ4n) is 3.39. The van der Waals surface area contributed by atoms with Crippen molar-refractivity contribution in [3.8, 4) is 5.69 Å². The van der Waals surface area contributed by atoms with Crippen molar-refractivity contribution in [2.24, 2.45) is 0 Å². The Morgan fingerprint density at radius 3 is 2.48 bits per heavy atom. The van der Waals surface area contributed by atoms with Crippen molar-refractivity contribution in [2.75, 3.05) is 5.32 Å². The van der Waals surface area contributed by atoms with Crippen molar-refractivity contribution < 1.29 is 4.79 Å². The molecule has 0 radical (unpaired) electrons. The fraction of sp³-hybridized carbons (Fsp3) is 0.316. The minimum atomic E-state index is -0.465. The zero-order valence-corrected chi connectivity index (χ0v) is 14.4. The third kappa shape index (κ3) is 2.54. The summed E-state index contributed by atoms with van der Waals surface area (Å²) >= 11 is 0. The lowest BCUT2D eigenvalue weighted by Crippen LogP contribution is -2.46. The Labute approximate surface area is 146 Å². The van der Waals surface area contributed by atoms with Crippen LogP contribution in [0.15, 0.2) is 42.9 Å². The first-order valence-electron chi connectivity index (χ1n) is 8.52. The smallest absolute Gasteiger partial charge is 0.236 e. The molecular formula is C19H21N5O. The summed E-state index contributed by atoms with van der Waals surface area (Å²) in [5, 5.41) is 10.0. The van der Waals surface area contributed by atoms with Crippen LogP contribution in [0.1, 0.15) is 36.3 Å². The van der Waals surface area contributed by atoms with Gasteiger partial charge in [-0.15, -0.1) is 0 Å². The van der Waals surface area contributed by atoms with E-state index < -0.39 is 5.41 Å². The molecule has 0 unspecified atom stereocenters. The quantitative estimate of drug-likeness (QED) is 0.768. The third-order valence-corrected chi connectivity index (χ3v) is 5.31. The average molecular weight is 335 g/mol. The van der Waals surface area contributed by atoms with Crippen molar-refractivity contribution in [1.82, 2.24) is 19.7 Å². The largest absolute Gasteiger partial charge is 0.325 e. The minimum Gasteiger partial charge on any atom is -0.325 e. The number of aromatic amines is 1. The van der Waals surface area contributed by atoms with E-state index >= 15 is 0 Å². The van der Waals surface area contributed by atoms with Gasteiger partial charge in [0.1, 0.15) is 0 Å². The number of aromatic nitrogens is 4. The maximum Gasteiger partial charge on any atom is 0.236 e. The molecule has 1 saturated carbocycles. The van der Waals surface area contributed by atoms with Gasteiger partial charge in [0.25, 0.3) is 0 Å². The van der Waals surface area contributed by atoms with Gasteiger partial charge >= 0.3 is 0 Å². The van der Waals surface area contributed by atoms with Gasteiger partial charge in [-0.2, -0.15) is 5.10 Å². The van der Waals surface area contributed by atoms with E-state index in [1.165, 1.54) is 0 Å². The number of carbonyl (C=O) groups excluding carboxylic acids is 1. The van der Waals surface area contributed by atoms with Crippen molar-refractivity contribution >= 4 is 11.6 Å². The average Bonchev–Trinajstić information content (AvgIpc) is 3.19. The lowest BCUT2D eigenvalue weighted by atomic mass is 9.66. The van der Waals surface area contributed by atoms with Crippen LogP contribution in [0.3, 0.4) is 0 Å². The highest BCUT2D eigenvalue weighted by Gasteiger charge is 2.46. The summed E-state index contributed by atoms with van der Waals surface area (Å²) in [6, 6.07) is 9.75. The van der Waals surface area contributed by atoms with Crippen molar-refractivity contribution in [1.29, 1.82) is 0 Å². The van der Waals surface area contributed by atoms with Crippen LogP contribution >= 0.6 is 0 Å². The molecule has 1 amide bonds. The summed E-state index contributed by atoms with van der Waals surface area (Å²) in [5.41, 5.74) is 4.40. The molecular weight excluding hydrogens is 314 g/mol. The number of H-pyrrole nitrogens is 1. The molecule has 2 aromatic heterocycles. The molecule has 25 heavy (non-hydrogen) atoms. The van der Waals surface area contributed by atoms with E-state index in [0.29, 0.717) is 0 Å². The van der Waals surface area contributed by atoms with Crippen LogP contribution in [-0.4, -0.2) is 25.7 Å². The van der Waals surface area contributed by atoms with E-state index in [9.17, 15) is 4.79 Å². The first-order chi connectivity index (χ1) is 12.1. The highest BCUT2D eigenvalue weighted by molar-refractivity contribution is 5.99. The number of imidazole rings is 1. The highest BCUT2D eigenvalue weighted by atomic mass is 16.2. The first kappa shape index (κ1) is 15.6. The van der Waals surface area contributed by atoms with Crippen LogP contribution in [0.25, 0.3) is 5.69 Å². The Kier molecular flexibility index (Phi) is 3.67. The Bertz CT molecular complexity index is 889. The van der Waals surface area contributed by atoms with Gasteiger partial charge in [-0.05, 0) is 57.0 Å². The predicted molar refractivity (Wildman–Crippen MR) is 95.8 cm³/mol. The molecule has 0 bridgehead atoms. The van der Waals surface area contributed by atoms with Crippen LogP contribution < -0.4 is 5.32 Å². The second kappa shape index (κ2) is 5.88. The second-order valence-electron chi connectivity index (χ2n) is 6.69. The van der Waals surface area contributed by atoms with Crippen LogP contribution in [0.5, 0.6) is 0 Å². The molecule has 1 aliphatic carbocycles. The monoisotopic (exact) mass is 335 g/mol. The number of aryl methyl sites for hydroxylation is 1. The summed E-state index contributed by atoms with van der Waals surface area (Å²) in [6.07, 6.45) is 6.29. The zero-order chi connectivity index (χ0) is 17.4. The summed E-state index contributed by atoms with van der Waals surface area (Å²) < 4.78 is 2.04. The topological polar surface area (TPSA) is 75.6 Å². The highest BCUT2D eigenvalue weighted by Crippen LogP contribution is 2.43. The van der Waals surface area contributed by atoms with Crippen LogP contribution in [-0.2, 0) is 10.2 Å². The van der Waals surface area contributed by atoms with Gasteiger partial charge in [-0.3, -0.25) is 9.89 Å². The first-order valence-corrected chi connectivity index (χ1v) is 8.52. The minimum absolute atomic E-state index is 0.0328. The molecule has 1 aliphatic rings. The van der Waals surface area contributed by atoms with E-state index in [1.54, 1.807) is 6.20 Å². The summed E-state index contributed by atoms with van der Waals surface area (Å²) in [6.45, 7) is 4.04. The molecule has 1 aromatic carbocycles. The Morgan fingerprint density at radius 1 is 1.20 bits per heavy atom. The molecule has 1 fully saturated rings. The number of nitrogens with zero attached hydrogens (tertiary/aromatic N) is 3. The lowest BCUT2D eigenvalue weighted by Gasteiger charge is -2.39.